The molecule has 8 rings (SSSR count). The van der Waals surface area contributed by atoms with Crippen molar-refractivity contribution in [1.82, 2.24) is 66.7 Å². The molecule has 0 unspecified atom stereocenters. The number of aromatic nitrogens is 1. The number of carbonyl (C=O) groups excluding carboxylic acids is 15. The van der Waals surface area contributed by atoms with E-state index in [2.05, 4.69) is 42.2 Å². The van der Waals surface area contributed by atoms with Gasteiger partial charge in [0.15, 0.2) is 11.6 Å². The summed E-state index contributed by atoms with van der Waals surface area (Å²) in [5.74, 6) is -18.3. The molecule has 13 amide bonds. The molecule has 33 nitrogen and oxygen atoms in total. The Bertz CT molecular complexity index is 4890. The quantitative estimate of drug-likeness (QED) is 0.0521. The number of carboxylic acids is 1. The number of hydrogen-bond donors (Lipinski definition) is 12. The van der Waals surface area contributed by atoms with Gasteiger partial charge in [0.1, 0.15) is 53.8 Å². The molecule has 13 N–H and O–H groups in total. The summed E-state index contributed by atoms with van der Waals surface area (Å²) >= 11 is 0.828. The molecule has 2 heterocycles. The Morgan fingerprint density at radius 1 is 0.504 bits per heavy atom. The minimum Gasteiger partial charge on any atom is -0.508 e. The van der Waals surface area contributed by atoms with Crippen molar-refractivity contribution in [3.63, 3.8) is 0 Å². The number of aromatic amines is 1. The first-order valence-corrected chi connectivity index (χ1v) is 41.5. The van der Waals surface area contributed by atoms with Gasteiger partial charge in [-0.2, -0.15) is 0 Å². The zero-order chi connectivity index (χ0) is 89.6. The maximum Gasteiger partial charge on any atom is 0.304 e. The van der Waals surface area contributed by atoms with Crippen molar-refractivity contribution in [3.8, 4) is 11.5 Å². The number of amides is 13. The number of thioether (sulfide) groups is 1. The van der Waals surface area contributed by atoms with Crippen molar-refractivity contribution in [2.24, 2.45) is 17.6 Å². The molecule has 123 heavy (non-hydrogen) atoms. The van der Waals surface area contributed by atoms with Crippen LogP contribution < -0.4 is 43.0 Å². The van der Waals surface area contributed by atoms with Crippen LogP contribution in [-0.4, -0.2) is 260 Å². The molecule has 1 aliphatic rings. The van der Waals surface area contributed by atoms with Gasteiger partial charge < -0.3 is 87.8 Å². The Hall–Kier alpha value is -13.3. The highest BCUT2D eigenvalue weighted by Gasteiger charge is 2.41. The number of likely N-dealkylation sites (N-methyl/N-ethyl adjacent to an activating group) is 5. The monoisotopic (exact) mass is 1710 g/mol. The minimum atomic E-state index is -1.63. The van der Waals surface area contributed by atoms with Crippen LogP contribution in [0.2, 0.25) is 0 Å². The molecule has 1 fully saturated rings. The number of phenols is 2. The molecular weight excluding hydrogens is 1600 g/mol. The van der Waals surface area contributed by atoms with Crippen LogP contribution in [0, 0.1) is 11.8 Å². The van der Waals surface area contributed by atoms with Crippen LogP contribution in [0.1, 0.15) is 85.8 Å². The van der Waals surface area contributed by atoms with Crippen LogP contribution in [0.15, 0.2) is 170 Å². The molecule has 1 saturated heterocycles. The van der Waals surface area contributed by atoms with Gasteiger partial charge >= 0.3 is 5.97 Å². The van der Waals surface area contributed by atoms with Crippen molar-refractivity contribution in [1.29, 1.82) is 0 Å². The third kappa shape index (κ3) is 29.0. The van der Waals surface area contributed by atoms with Crippen molar-refractivity contribution >= 4 is 117 Å². The van der Waals surface area contributed by atoms with Crippen LogP contribution in [0.25, 0.3) is 10.9 Å². The van der Waals surface area contributed by atoms with E-state index in [4.69, 9.17) is 5.73 Å². The number of carbonyl (C=O) groups is 16. The molecule has 7 aromatic rings. The van der Waals surface area contributed by atoms with Gasteiger partial charge in [0, 0.05) is 109 Å². The fourth-order valence-electron chi connectivity index (χ4n) is 14.3. The summed E-state index contributed by atoms with van der Waals surface area (Å²) < 4.78 is 0. The summed E-state index contributed by atoms with van der Waals surface area (Å²) in [5, 5.41) is 49.7. The number of primary amides is 1. The number of hydrogen-bond acceptors (Lipinski definition) is 19. The lowest BCUT2D eigenvalue weighted by atomic mass is 9.89. The largest absolute Gasteiger partial charge is 0.508 e. The molecule has 6 aromatic carbocycles. The van der Waals surface area contributed by atoms with Gasteiger partial charge in [0.05, 0.1) is 50.3 Å². The van der Waals surface area contributed by atoms with E-state index in [1.54, 1.807) is 121 Å². The van der Waals surface area contributed by atoms with Crippen LogP contribution >= 0.6 is 11.8 Å². The fraction of sp³-hybridized carbons (Fsp3) is 0.393. The first kappa shape index (κ1) is 95.2. The standard InChI is InChI=1S/C89H108N14O19S/c1-8-9-29-72-88(121)99(3)50-65(106)43-61(46-80(112)113)82(115)93-49-79(111)101(5)73(41-56-23-15-11-16-24-56)85(118)97-69(40-59-32-36-64(105)37-33-59)86(119)100(4)51-77(109)95-68(44-62-47-91-67-28-20-19-27-66(62)67)75(107)45-60(38-58-30-34-63(104)35-31-58)83(116)94-54(2)81(114)98-71(84(117)92-48-76(90)108)52-123-53-78(110)96-70(39-55-21-13-10-14-22-55)87(120)103(7)74(89(122)102(72)6)42-57-25-17-12-18-26-57/h10-28,30-37,47,54,60-61,68-74,91,104-105H,8-9,29,38-46,48-53H2,1-7H3,(H2,90,108)(H,92,117)(H,93,115)(H,94,116)(H,95,109)(H,96,110)(H,97,118)(H,98,114)(H,112,113)/t54-,60+,61-,68-,69-,70-,71-,72-,73-,74-/m0/s1. The van der Waals surface area contributed by atoms with E-state index < -0.39 is 206 Å². The van der Waals surface area contributed by atoms with E-state index in [9.17, 15) is 68.1 Å². The maximum absolute atomic E-state index is 15.4. The molecule has 654 valence electrons. The minimum absolute atomic E-state index is 0.0565. The number of H-pyrrole nitrogens is 1. The second-order valence-corrected chi connectivity index (χ2v) is 31.8. The molecule has 0 aliphatic carbocycles. The second-order valence-electron chi connectivity index (χ2n) is 30.8. The van der Waals surface area contributed by atoms with Gasteiger partial charge in [-0.15, -0.1) is 11.8 Å². The number of benzene rings is 6. The predicted molar refractivity (Wildman–Crippen MR) is 457 cm³/mol. The van der Waals surface area contributed by atoms with Gasteiger partial charge in [0.2, 0.25) is 76.8 Å². The molecule has 1 aromatic heterocycles. The number of aromatic hydroxyl groups is 2. The number of phenolic OH excluding ortho intramolecular Hbond substituents is 2. The van der Waals surface area contributed by atoms with Crippen molar-refractivity contribution in [3.05, 3.63) is 203 Å². The van der Waals surface area contributed by atoms with Gasteiger partial charge in [-0.25, -0.2) is 0 Å². The number of unbranched alkanes of at least 4 members (excludes halogenated alkanes) is 1. The normalized spacial score (nSPS) is 21.8. The number of carboxylic acid groups (broad SMARTS) is 1. The average molecular weight is 1710 g/mol. The van der Waals surface area contributed by atoms with Gasteiger partial charge in [-0.3, -0.25) is 76.7 Å². The number of ketones is 2. The van der Waals surface area contributed by atoms with Crippen molar-refractivity contribution in [2.45, 2.75) is 139 Å². The van der Waals surface area contributed by atoms with Crippen molar-refractivity contribution in [2.75, 3.05) is 72.9 Å². The highest BCUT2D eigenvalue weighted by atomic mass is 32.2. The molecule has 10 atom stereocenters. The van der Waals surface area contributed by atoms with Gasteiger partial charge in [-0.05, 0) is 83.5 Å². The lowest BCUT2D eigenvalue weighted by Gasteiger charge is -2.37. The Balaban J connectivity index is 1.16. The summed E-state index contributed by atoms with van der Waals surface area (Å²) in [7, 11) is 6.57. The first-order chi connectivity index (χ1) is 58.7. The van der Waals surface area contributed by atoms with Crippen LogP contribution in [0.4, 0.5) is 0 Å². The molecule has 1 aliphatic heterocycles. The number of Topliss-reactive ketones (excluding diaryl/α,β-unsaturated/α-hetero) is 2. The van der Waals surface area contributed by atoms with Gasteiger partial charge in [-0.1, -0.05) is 153 Å². The smallest absolute Gasteiger partial charge is 0.304 e. The fourth-order valence-corrected chi connectivity index (χ4v) is 15.2. The summed E-state index contributed by atoms with van der Waals surface area (Å²) in [6.07, 6.45) is -0.719. The number of fused-ring (bicyclic) bond motifs is 1. The number of aliphatic carboxylic acids is 1. The number of para-hydroxylation sites is 1. The highest BCUT2D eigenvalue weighted by molar-refractivity contribution is 8.00. The number of nitrogens with two attached hydrogens (primary N) is 1. The number of nitrogens with one attached hydrogen (secondary N) is 8. The Morgan fingerprint density at radius 3 is 1.62 bits per heavy atom. The summed E-state index contributed by atoms with van der Waals surface area (Å²) in [4.78, 5) is 239. The Labute approximate surface area is 716 Å². The topological polar surface area (TPSA) is 476 Å². The SMILES string of the molecule is CCCC[C@H]1C(=O)N(C)CC(=O)C[C@@H](CC(=O)O)C(=O)NCC(=O)N(C)[C@@H](Cc2ccccc2)C(=O)N[C@@H](Cc2ccc(O)cc2)C(=O)N(C)CC(=O)N[C@@H](Cc2c[nH]c3ccccc23)C(=O)C[C@@H](Cc2ccc(O)cc2)C(=O)N[C@@H](C)C(=O)N[C@H](C(=O)NCC(N)=O)CSCC(=O)N[C@@H](Cc2ccccc2)C(=O)N(C)[C@@H](Cc2ccccc2)C(=O)N1C. The molecule has 0 bridgehead atoms. The Kier molecular flexibility index (Phi) is 36.0. The summed E-state index contributed by atoms with van der Waals surface area (Å²) in [5.41, 5.74) is 9.22. The highest BCUT2D eigenvalue weighted by Crippen LogP contribution is 2.26. The van der Waals surface area contributed by atoms with Crippen LogP contribution in [0.3, 0.4) is 0 Å². The Morgan fingerprint density at radius 2 is 1.03 bits per heavy atom. The third-order valence-corrected chi connectivity index (χ3v) is 22.3. The summed E-state index contributed by atoms with van der Waals surface area (Å²) in [6.45, 7) is 0.173. The lowest BCUT2D eigenvalue weighted by molar-refractivity contribution is -0.151. The average Bonchev–Trinajstić information content (AvgIpc) is 1.80. The van der Waals surface area contributed by atoms with E-state index in [0.29, 0.717) is 57.1 Å². The van der Waals surface area contributed by atoms with Crippen LogP contribution in [-0.2, 0) is 115 Å². The molecule has 0 spiro atoms. The van der Waals surface area contributed by atoms with E-state index in [-0.39, 0.29) is 62.2 Å². The molecular formula is C89H108N14O19S. The maximum atomic E-state index is 15.4. The molecule has 0 radical (unpaired) electrons. The first-order valence-electron chi connectivity index (χ1n) is 40.4. The lowest BCUT2D eigenvalue weighted by Crippen LogP contribution is -2.58. The van der Waals surface area contributed by atoms with E-state index in [1.165, 1.54) is 100 Å². The number of nitrogens with zero attached hydrogens (tertiary/aromatic N) is 5. The van der Waals surface area contributed by atoms with Crippen molar-refractivity contribution < 1.29 is 92.0 Å². The summed E-state index contributed by atoms with van der Waals surface area (Å²) in [6, 6.07) is 32.7. The van der Waals surface area contributed by atoms with Crippen LogP contribution in [0.5, 0.6) is 11.5 Å². The number of rotatable bonds is 20. The van der Waals surface area contributed by atoms with E-state index in [1.807, 2.05) is 6.92 Å². The third-order valence-electron chi connectivity index (χ3n) is 21.3. The second kappa shape index (κ2) is 46.5. The molecule has 34 heteroatoms. The van der Waals surface area contributed by atoms with E-state index in [0.717, 1.165) is 26.5 Å². The van der Waals surface area contributed by atoms with Gasteiger partial charge in [0.25, 0.3) is 0 Å². The zero-order valence-corrected chi connectivity index (χ0v) is 70.6. The molecule has 0 saturated carbocycles. The zero-order valence-electron chi connectivity index (χ0n) is 69.8. The van der Waals surface area contributed by atoms with E-state index >= 15 is 24.0 Å². The predicted octanol–water partition coefficient (Wildman–Crippen LogP) is 2.46.